The molecule has 0 unspecified atom stereocenters. The molecule has 3 rings (SSSR count). The maximum Gasteiger partial charge on any atom is 0.289 e. The lowest BCUT2D eigenvalue weighted by molar-refractivity contribution is 0.0658. The van der Waals surface area contributed by atoms with E-state index in [1.807, 2.05) is 11.9 Å². The van der Waals surface area contributed by atoms with Gasteiger partial charge < -0.3 is 19.5 Å². The topological polar surface area (TPSA) is 61.1 Å². The van der Waals surface area contributed by atoms with E-state index in [2.05, 4.69) is 53.3 Å². The van der Waals surface area contributed by atoms with Gasteiger partial charge in [-0.15, -0.1) is 24.0 Å². The Balaban J connectivity index is 0.00000320. The summed E-state index contributed by atoms with van der Waals surface area (Å²) in [6.45, 7) is 8.19. The molecule has 0 spiro atoms. The number of rotatable bonds is 6. The summed E-state index contributed by atoms with van der Waals surface area (Å²) < 4.78 is 5.22. The van der Waals surface area contributed by atoms with Gasteiger partial charge in [0.25, 0.3) is 5.91 Å². The minimum absolute atomic E-state index is 0. The van der Waals surface area contributed by atoms with Crippen LogP contribution >= 0.6 is 24.0 Å². The van der Waals surface area contributed by atoms with Gasteiger partial charge in [-0.1, -0.05) is 38.1 Å². The normalized spacial score (nSPS) is 14.6. The van der Waals surface area contributed by atoms with Crippen LogP contribution in [0.15, 0.2) is 52.1 Å². The maximum absolute atomic E-state index is 12.4. The number of carbonyl (C=O) groups excluding carboxylic acids is 1. The number of amides is 1. The maximum atomic E-state index is 12.4. The molecule has 2 aromatic rings. The zero-order valence-corrected chi connectivity index (χ0v) is 20.5. The number of carbonyl (C=O) groups is 1. The monoisotopic (exact) mass is 524 g/mol. The van der Waals surface area contributed by atoms with E-state index in [4.69, 9.17) is 4.42 Å². The van der Waals surface area contributed by atoms with Gasteiger partial charge in [-0.25, -0.2) is 0 Å². The van der Waals surface area contributed by atoms with E-state index in [-0.39, 0.29) is 29.9 Å². The second-order valence-electron chi connectivity index (χ2n) is 7.73. The molecule has 30 heavy (non-hydrogen) atoms. The SMILES string of the molecule is CN=C(NCCCc1ccc(C(C)C)cc1)N1CCN(C(=O)c2ccco2)CC1.I. The van der Waals surface area contributed by atoms with Crippen molar-refractivity contribution in [3.05, 3.63) is 59.5 Å². The lowest BCUT2D eigenvalue weighted by atomic mass is 10.0. The van der Waals surface area contributed by atoms with Gasteiger partial charge in [0.2, 0.25) is 0 Å². The number of guanidine groups is 1. The van der Waals surface area contributed by atoms with Crippen LogP contribution < -0.4 is 5.32 Å². The number of nitrogens with one attached hydrogen (secondary N) is 1. The average molecular weight is 524 g/mol. The van der Waals surface area contributed by atoms with Crippen LogP contribution in [0.25, 0.3) is 0 Å². The lowest BCUT2D eigenvalue weighted by Gasteiger charge is -2.36. The van der Waals surface area contributed by atoms with E-state index in [0.29, 0.717) is 24.8 Å². The Hall–Kier alpha value is -2.03. The Bertz CT molecular complexity index is 795. The van der Waals surface area contributed by atoms with Crippen LogP contribution in [-0.2, 0) is 6.42 Å². The van der Waals surface area contributed by atoms with Crippen molar-refractivity contribution in [2.45, 2.75) is 32.6 Å². The van der Waals surface area contributed by atoms with Gasteiger partial charge in [-0.05, 0) is 42.0 Å². The van der Waals surface area contributed by atoms with Gasteiger partial charge >= 0.3 is 0 Å². The van der Waals surface area contributed by atoms with E-state index in [1.54, 1.807) is 12.1 Å². The third-order valence-electron chi connectivity index (χ3n) is 5.38. The highest BCUT2D eigenvalue weighted by Crippen LogP contribution is 2.15. The Morgan fingerprint density at radius 1 is 1.10 bits per heavy atom. The zero-order valence-electron chi connectivity index (χ0n) is 18.1. The summed E-state index contributed by atoms with van der Waals surface area (Å²) in [5.74, 6) is 1.85. The molecule has 0 atom stereocenters. The highest BCUT2D eigenvalue weighted by atomic mass is 127. The summed E-state index contributed by atoms with van der Waals surface area (Å²) in [6.07, 6.45) is 3.64. The van der Waals surface area contributed by atoms with Gasteiger partial charge in [0.05, 0.1) is 6.26 Å². The molecule has 7 heteroatoms. The number of benzene rings is 1. The number of furan rings is 1. The third-order valence-corrected chi connectivity index (χ3v) is 5.38. The van der Waals surface area contributed by atoms with Crippen molar-refractivity contribution in [3.8, 4) is 0 Å². The average Bonchev–Trinajstić information content (AvgIpc) is 3.29. The molecule has 0 bridgehead atoms. The quantitative estimate of drug-likeness (QED) is 0.269. The molecular weight excluding hydrogens is 491 g/mol. The molecule has 1 aromatic heterocycles. The van der Waals surface area contributed by atoms with Crippen molar-refractivity contribution >= 4 is 35.8 Å². The minimum atomic E-state index is -0.0407. The van der Waals surface area contributed by atoms with Crippen LogP contribution in [0.2, 0.25) is 0 Å². The van der Waals surface area contributed by atoms with Crippen LogP contribution in [0.3, 0.4) is 0 Å². The number of piperazine rings is 1. The van der Waals surface area contributed by atoms with Crippen molar-refractivity contribution in [1.29, 1.82) is 0 Å². The molecule has 0 radical (unpaired) electrons. The van der Waals surface area contributed by atoms with Crippen LogP contribution in [0.5, 0.6) is 0 Å². The molecule has 164 valence electrons. The van der Waals surface area contributed by atoms with Crippen LogP contribution in [-0.4, -0.2) is 61.4 Å². The molecule has 6 nitrogen and oxygen atoms in total. The number of nitrogens with zero attached hydrogens (tertiary/aromatic N) is 3. The number of hydrogen-bond acceptors (Lipinski definition) is 3. The molecule has 2 heterocycles. The van der Waals surface area contributed by atoms with E-state index >= 15 is 0 Å². The molecule has 1 saturated heterocycles. The van der Waals surface area contributed by atoms with Crippen molar-refractivity contribution < 1.29 is 9.21 Å². The predicted octanol–water partition coefficient (Wildman–Crippen LogP) is 3.99. The summed E-state index contributed by atoms with van der Waals surface area (Å²) in [7, 11) is 1.81. The predicted molar refractivity (Wildman–Crippen MR) is 132 cm³/mol. The summed E-state index contributed by atoms with van der Waals surface area (Å²) in [5, 5.41) is 3.46. The van der Waals surface area contributed by atoms with E-state index < -0.39 is 0 Å². The fraction of sp³-hybridized carbons (Fsp3) is 0.478. The van der Waals surface area contributed by atoms with Crippen molar-refractivity contribution in [2.75, 3.05) is 39.8 Å². The van der Waals surface area contributed by atoms with Gasteiger partial charge in [0.15, 0.2) is 11.7 Å². The van der Waals surface area contributed by atoms with Crippen LogP contribution in [0.1, 0.15) is 47.9 Å². The smallest absolute Gasteiger partial charge is 0.289 e. The first kappa shape index (κ1) is 24.2. The Morgan fingerprint density at radius 2 is 1.77 bits per heavy atom. The summed E-state index contributed by atoms with van der Waals surface area (Å²) >= 11 is 0. The minimum Gasteiger partial charge on any atom is -0.459 e. The van der Waals surface area contributed by atoms with Crippen LogP contribution in [0, 0.1) is 0 Å². The molecule has 1 fully saturated rings. The molecule has 1 aromatic carbocycles. The molecule has 1 N–H and O–H groups in total. The van der Waals surface area contributed by atoms with E-state index in [1.165, 1.54) is 17.4 Å². The summed E-state index contributed by atoms with van der Waals surface area (Å²) in [6, 6.07) is 12.4. The number of halogens is 1. The number of aryl methyl sites for hydroxylation is 1. The fourth-order valence-electron chi connectivity index (χ4n) is 3.57. The van der Waals surface area contributed by atoms with Crippen LogP contribution in [0.4, 0.5) is 0 Å². The van der Waals surface area contributed by atoms with Crippen molar-refractivity contribution in [3.63, 3.8) is 0 Å². The lowest BCUT2D eigenvalue weighted by Crippen LogP contribution is -2.53. The first-order valence-electron chi connectivity index (χ1n) is 10.5. The number of hydrogen-bond donors (Lipinski definition) is 1. The molecule has 0 saturated carbocycles. The first-order chi connectivity index (χ1) is 14.1. The zero-order chi connectivity index (χ0) is 20.6. The highest BCUT2D eigenvalue weighted by molar-refractivity contribution is 14.0. The Labute approximate surface area is 196 Å². The standard InChI is InChI=1S/C23H32N4O2.HI/c1-18(2)20-10-8-19(9-11-20)6-4-12-25-23(24-3)27-15-13-26(14-16-27)22(28)21-7-5-17-29-21;/h5,7-11,17-18H,4,6,12-16H2,1-3H3,(H,24,25);1H. The highest BCUT2D eigenvalue weighted by Gasteiger charge is 2.24. The summed E-state index contributed by atoms with van der Waals surface area (Å²) in [5.41, 5.74) is 2.76. The van der Waals surface area contributed by atoms with Gasteiger partial charge in [0.1, 0.15) is 0 Å². The largest absolute Gasteiger partial charge is 0.459 e. The molecule has 1 aliphatic heterocycles. The van der Waals surface area contributed by atoms with E-state index in [0.717, 1.165) is 38.4 Å². The molecular formula is C23H33IN4O2. The Kier molecular flexibility index (Phi) is 9.68. The molecule has 1 aliphatic rings. The second kappa shape index (κ2) is 12.0. The Morgan fingerprint density at radius 3 is 2.33 bits per heavy atom. The van der Waals surface area contributed by atoms with Crippen molar-refractivity contribution in [2.24, 2.45) is 4.99 Å². The molecule has 0 aliphatic carbocycles. The second-order valence-corrected chi connectivity index (χ2v) is 7.73. The van der Waals surface area contributed by atoms with Gasteiger partial charge in [-0.2, -0.15) is 0 Å². The van der Waals surface area contributed by atoms with Gasteiger partial charge in [0, 0.05) is 39.8 Å². The fourth-order valence-corrected chi connectivity index (χ4v) is 3.57. The summed E-state index contributed by atoms with van der Waals surface area (Å²) in [4.78, 5) is 20.8. The van der Waals surface area contributed by atoms with Crippen molar-refractivity contribution in [1.82, 2.24) is 15.1 Å². The molecule has 1 amide bonds. The van der Waals surface area contributed by atoms with E-state index in [9.17, 15) is 4.79 Å². The number of aliphatic imine (C=N–C) groups is 1. The first-order valence-corrected chi connectivity index (χ1v) is 10.5. The third kappa shape index (κ3) is 6.48. The van der Waals surface area contributed by atoms with Gasteiger partial charge in [-0.3, -0.25) is 9.79 Å².